The summed E-state index contributed by atoms with van der Waals surface area (Å²) in [6.45, 7) is 2.21. The van der Waals surface area contributed by atoms with Gasteiger partial charge in [-0.3, -0.25) is 9.59 Å². The fraction of sp³-hybridized carbons (Fsp3) is 0.895. The van der Waals surface area contributed by atoms with E-state index in [0.717, 1.165) is 32.1 Å². The quantitative estimate of drug-likeness (QED) is 0.748. The maximum absolute atomic E-state index is 12.4. The van der Waals surface area contributed by atoms with Crippen molar-refractivity contribution in [3.8, 4) is 0 Å². The molecule has 2 unspecified atom stereocenters. The lowest BCUT2D eigenvalue weighted by atomic mass is 9.49. The molecule has 0 radical (unpaired) electrons. The van der Waals surface area contributed by atoms with Crippen LogP contribution in [-0.4, -0.2) is 22.8 Å². The Morgan fingerprint density at radius 3 is 2.64 bits per heavy atom. The van der Waals surface area contributed by atoms with Crippen molar-refractivity contribution in [2.45, 2.75) is 64.4 Å². The van der Waals surface area contributed by atoms with E-state index in [4.69, 9.17) is 0 Å². The molecule has 1 N–H and O–H groups in total. The second-order valence-corrected chi connectivity index (χ2v) is 9.07. The van der Waals surface area contributed by atoms with Crippen molar-refractivity contribution < 1.29 is 14.7 Å². The van der Waals surface area contributed by atoms with Gasteiger partial charge in [-0.2, -0.15) is 0 Å². The first-order valence-corrected chi connectivity index (χ1v) is 9.22. The molecule has 0 aromatic rings. The third kappa shape index (κ3) is 1.35. The van der Waals surface area contributed by atoms with E-state index < -0.39 is 0 Å². The molecule has 5 fully saturated rings. The lowest BCUT2D eigenvalue weighted by Crippen LogP contribution is -2.51. The molecule has 5 saturated carbocycles. The Labute approximate surface area is 131 Å². The van der Waals surface area contributed by atoms with Gasteiger partial charge in [0.25, 0.3) is 0 Å². The van der Waals surface area contributed by atoms with Gasteiger partial charge in [-0.25, -0.2) is 0 Å². The molecule has 0 amide bonds. The highest BCUT2D eigenvalue weighted by atomic mass is 16.3. The van der Waals surface area contributed by atoms with Crippen molar-refractivity contribution in [1.29, 1.82) is 0 Å². The number of carbonyl (C=O) groups excluding carboxylic acids is 2. The smallest absolute Gasteiger partial charge is 0.139 e. The minimum atomic E-state index is -0.238. The summed E-state index contributed by atoms with van der Waals surface area (Å²) in [7, 11) is 0. The molecule has 0 aromatic heterocycles. The molecular weight excluding hydrogens is 276 g/mol. The number of fused-ring (bicyclic) bond motifs is 3. The van der Waals surface area contributed by atoms with Crippen molar-refractivity contribution in [3.63, 3.8) is 0 Å². The summed E-state index contributed by atoms with van der Waals surface area (Å²) in [5, 5.41) is 10.7. The first kappa shape index (κ1) is 13.7. The third-order valence-electron chi connectivity index (χ3n) is 8.69. The molecule has 5 aliphatic rings. The van der Waals surface area contributed by atoms with Gasteiger partial charge in [-0.15, -0.1) is 0 Å². The molecule has 22 heavy (non-hydrogen) atoms. The largest absolute Gasteiger partial charge is 0.392 e. The monoisotopic (exact) mass is 302 g/mol. The van der Waals surface area contributed by atoms with Gasteiger partial charge in [0.15, 0.2) is 0 Å². The summed E-state index contributed by atoms with van der Waals surface area (Å²) >= 11 is 0. The number of carbonyl (C=O) groups is 2. The van der Waals surface area contributed by atoms with Gasteiger partial charge in [0, 0.05) is 36.0 Å². The van der Waals surface area contributed by atoms with E-state index in [9.17, 15) is 14.7 Å². The Kier molecular flexibility index (Phi) is 2.51. The zero-order valence-electron chi connectivity index (χ0n) is 13.4. The average molecular weight is 302 g/mol. The fourth-order valence-electron chi connectivity index (χ4n) is 7.72. The summed E-state index contributed by atoms with van der Waals surface area (Å²) in [5.74, 6) is 3.27. The summed E-state index contributed by atoms with van der Waals surface area (Å²) in [4.78, 5) is 24.4. The third-order valence-corrected chi connectivity index (χ3v) is 8.69. The molecule has 1 spiro atoms. The van der Waals surface area contributed by atoms with Crippen LogP contribution in [0.1, 0.15) is 58.3 Å². The first-order valence-electron chi connectivity index (χ1n) is 9.22. The van der Waals surface area contributed by atoms with Crippen molar-refractivity contribution in [2.24, 2.45) is 40.4 Å². The highest BCUT2D eigenvalue weighted by Gasteiger charge is 2.76. The molecule has 0 heterocycles. The molecule has 3 nitrogen and oxygen atoms in total. The predicted molar refractivity (Wildman–Crippen MR) is 80.9 cm³/mol. The predicted octanol–water partition coefficient (Wildman–Crippen LogP) is 2.75. The molecule has 5 aliphatic carbocycles. The molecular formula is C19H26O3. The van der Waals surface area contributed by atoms with Crippen LogP contribution in [0.4, 0.5) is 0 Å². The zero-order chi connectivity index (χ0) is 15.3. The Bertz CT molecular complexity index is 569. The van der Waals surface area contributed by atoms with Crippen LogP contribution in [0.5, 0.6) is 0 Å². The van der Waals surface area contributed by atoms with Gasteiger partial charge in [0.05, 0.1) is 6.10 Å². The van der Waals surface area contributed by atoms with Gasteiger partial charge in [-0.1, -0.05) is 6.92 Å². The van der Waals surface area contributed by atoms with Crippen molar-refractivity contribution in [3.05, 3.63) is 0 Å². The highest BCUT2D eigenvalue weighted by Crippen LogP contribution is 2.75. The molecule has 5 rings (SSSR count). The van der Waals surface area contributed by atoms with Crippen LogP contribution in [0.25, 0.3) is 0 Å². The topological polar surface area (TPSA) is 54.4 Å². The standard InChI is InChI=1S/C19H26O3/c1-18-7-6-14-12(13(18)4-5-16(18)21)3-2-10-8-11(20)9-15-17(22)19(10,14)15/h10,12-15,17,22H,2-9H2,1H3/t10-,12-,13-,14-,15-,17?,18-,19?/m0/s1. The lowest BCUT2D eigenvalue weighted by Gasteiger charge is -2.54. The van der Waals surface area contributed by atoms with E-state index in [1.54, 1.807) is 0 Å². The van der Waals surface area contributed by atoms with Crippen molar-refractivity contribution in [1.82, 2.24) is 0 Å². The SMILES string of the molecule is C[C@]12CC[C@H]3[C@@H](CC[C@H]4CC(=O)C[C@H]5C(O)C453)[C@@H]1CCC2=O. The van der Waals surface area contributed by atoms with E-state index in [2.05, 4.69) is 6.92 Å². The van der Waals surface area contributed by atoms with Gasteiger partial charge < -0.3 is 5.11 Å². The number of aliphatic hydroxyl groups excluding tert-OH is 1. The molecule has 120 valence electrons. The summed E-state index contributed by atoms with van der Waals surface area (Å²) < 4.78 is 0. The molecule has 0 bridgehead atoms. The van der Waals surface area contributed by atoms with Gasteiger partial charge in [0.2, 0.25) is 0 Å². The maximum Gasteiger partial charge on any atom is 0.139 e. The van der Waals surface area contributed by atoms with Crippen LogP contribution in [0.3, 0.4) is 0 Å². The highest BCUT2D eigenvalue weighted by molar-refractivity contribution is 5.87. The van der Waals surface area contributed by atoms with E-state index in [0.29, 0.717) is 48.1 Å². The Hall–Kier alpha value is -0.700. The first-order chi connectivity index (χ1) is 10.5. The van der Waals surface area contributed by atoms with Gasteiger partial charge in [0.1, 0.15) is 11.6 Å². The van der Waals surface area contributed by atoms with Crippen LogP contribution >= 0.6 is 0 Å². The minimum Gasteiger partial charge on any atom is -0.392 e. The van der Waals surface area contributed by atoms with Crippen molar-refractivity contribution >= 4 is 11.6 Å². The van der Waals surface area contributed by atoms with E-state index in [-0.39, 0.29) is 22.9 Å². The maximum atomic E-state index is 12.4. The Morgan fingerprint density at radius 1 is 1.00 bits per heavy atom. The van der Waals surface area contributed by atoms with E-state index in [1.165, 1.54) is 6.42 Å². The number of aliphatic hydroxyl groups is 1. The van der Waals surface area contributed by atoms with E-state index >= 15 is 0 Å². The van der Waals surface area contributed by atoms with Crippen molar-refractivity contribution in [2.75, 3.05) is 0 Å². The fourth-order valence-corrected chi connectivity index (χ4v) is 7.72. The van der Waals surface area contributed by atoms with Gasteiger partial charge >= 0.3 is 0 Å². The number of hydrogen-bond acceptors (Lipinski definition) is 3. The lowest BCUT2D eigenvalue weighted by molar-refractivity contribution is -0.137. The van der Waals surface area contributed by atoms with Gasteiger partial charge in [-0.05, 0) is 55.8 Å². The average Bonchev–Trinajstić information content (AvgIpc) is 2.94. The van der Waals surface area contributed by atoms with Crippen LogP contribution in [0.2, 0.25) is 0 Å². The second-order valence-electron chi connectivity index (χ2n) is 9.07. The second kappa shape index (κ2) is 4.03. The number of hydrogen-bond donors (Lipinski definition) is 1. The summed E-state index contributed by atoms with van der Waals surface area (Å²) in [6.07, 6.45) is 7.31. The summed E-state index contributed by atoms with van der Waals surface area (Å²) in [6, 6.07) is 0. The molecule has 0 aliphatic heterocycles. The Balaban J connectivity index is 1.52. The minimum absolute atomic E-state index is 0.0593. The molecule has 0 aromatic carbocycles. The van der Waals surface area contributed by atoms with E-state index in [1.807, 2.05) is 0 Å². The summed E-state index contributed by atoms with van der Waals surface area (Å²) in [5.41, 5.74) is -0.0196. The molecule has 3 heteroatoms. The molecule has 0 saturated heterocycles. The number of ketones is 2. The van der Waals surface area contributed by atoms with Crippen LogP contribution in [-0.2, 0) is 9.59 Å². The molecule has 8 atom stereocenters. The number of Topliss-reactive ketones (excluding diaryl/α,β-unsaturated/α-hetero) is 2. The van der Waals surface area contributed by atoms with Crippen LogP contribution in [0.15, 0.2) is 0 Å². The van der Waals surface area contributed by atoms with Crippen LogP contribution in [0, 0.1) is 40.4 Å². The Morgan fingerprint density at radius 2 is 1.82 bits per heavy atom. The zero-order valence-corrected chi connectivity index (χ0v) is 13.4. The normalized spacial score (nSPS) is 59.4. The number of rotatable bonds is 0. The van der Waals surface area contributed by atoms with Crippen LogP contribution < -0.4 is 0 Å².